The number of allylic oxidation sites excluding steroid dienone is 5. The van der Waals surface area contributed by atoms with Crippen molar-refractivity contribution in [1.82, 2.24) is 0 Å². The Morgan fingerprint density at radius 3 is 2.00 bits per heavy atom. The molecule has 0 heterocycles. The van der Waals surface area contributed by atoms with E-state index in [1.54, 1.807) is 0 Å². The second kappa shape index (κ2) is 8.70. The molecule has 4 rings (SSSR count). The van der Waals surface area contributed by atoms with Crippen LogP contribution in [0.3, 0.4) is 0 Å². The average molecular weight is 502 g/mol. The summed E-state index contributed by atoms with van der Waals surface area (Å²) in [6.07, 6.45) is 0. The van der Waals surface area contributed by atoms with Gasteiger partial charge < -0.3 is 24.8 Å². The Bertz CT molecular complexity index is 1040. The fourth-order valence-electron chi connectivity index (χ4n) is 5.07. The van der Waals surface area contributed by atoms with E-state index in [-0.39, 0.29) is 30.2 Å². The topological polar surface area (TPSA) is 0 Å². The van der Waals surface area contributed by atoms with E-state index in [0.29, 0.717) is 5.92 Å². The molecule has 2 aromatic carbocycles. The molecule has 0 nitrogen and oxygen atoms in total. The Morgan fingerprint density at radius 1 is 0.828 bits per heavy atom. The van der Waals surface area contributed by atoms with Gasteiger partial charge in [0.2, 0.25) is 0 Å². The molecule has 0 aromatic heterocycles. The minimum Gasteiger partial charge on any atom is -1.00 e. The maximum absolute atomic E-state index is 2.39. The molecule has 0 amide bonds. The van der Waals surface area contributed by atoms with Gasteiger partial charge in [-0.2, -0.15) is 0 Å². The fraction of sp³-hybridized carbons (Fsp3) is 0.308. The van der Waals surface area contributed by atoms with Crippen molar-refractivity contribution in [2.75, 3.05) is 0 Å². The molecule has 3 heteroatoms. The minimum absolute atomic E-state index is 0. The van der Waals surface area contributed by atoms with Gasteiger partial charge in [0.05, 0.1) is 0 Å². The van der Waals surface area contributed by atoms with Crippen LogP contribution in [0.4, 0.5) is 0 Å². The van der Waals surface area contributed by atoms with E-state index in [9.17, 15) is 0 Å². The number of halogens is 2. The summed E-state index contributed by atoms with van der Waals surface area (Å²) in [5, 5.41) is 0. The maximum atomic E-state index is 2.39. The van der Waals surface area contributed by atoms with E-state index in [0.717, 1.165) is 0 Å². The van der Waals surface area contributed by atoms with Crippen LogP contribution in [0, 0.1) is 5.41 Å². The maximum Gasteiger partial charge on any atom is -1.00 e. The van der Waals surface area contributed by atoms with Gasteiger partial charge in [-0.3, -0.25) is 0 Å². The van der Waals surface area contributed by atoms with Gasteiger partial charge in [-0.05, 0) is 0 Å². The van der Waals surface area contributed by atoms with E-state index >= 15 is 0 Å². The molecule has 0 N–H and O–H groups in total. The van der Waals surface area contributed by atoms with Crippen LogP contribution in [0.25, 0.3) is 14.4 Å². The first-order chi connectivity index (χ1) is 12.8. The quantitative estimate of drug-likeness (QED) is 0.584. The SMILES string of the molecule is CC1=C(C)C(C)(C)C(c2cccc3c2[C]([Zr+2])=C(c2ccccc2)C3C)=C1C.[Cl-].[Cl-]. The van der Waals surface area contributed by atoms with Crippen molar-refractivity contribution in [1.29, 1.82) is 0 Å². The molecule has 2 aliphatic carbocycles. The number of fused-ring (bicyclic) bond motifs is 1. The molecule has 0 radical (unpaired) electrons. The van der Waals surface area contributed by atoms with Crippen molar-refractivity contribution >= 4 is 14.4 Å². The summed E-state index contributed by atoms with van der Waals surface area (Å²) in [7, 11) is 0. The summed E-state index contributed by atoms with van der Waals surface area (Å²) >= 11 is 1.51. The molecule has 0 fully saturated rings. The van der Waals surface area contributed by atoms with Crippen LogP contribution in [-0.4, -0.2) is 0 Å². The zero-order chi connectivity index (χ0) is 19.5. The van der Waals surface area contributed by atoms with Crippen LogP contribution in [0.15, 0.2) is 65.3 Å². The molecule has 0 spiro atoms. The van der Waals surface area contributed by atoms with Crippen LogP contribution >= 0.6 is 0 Å². The Kier molecular flexibility index (Phi) is 7.32. The van der Waals surface area contributed by atoms with Crippen LogP contribution in [-0.2, 0) is 24.7 Å². The van der Waals surface area contributed by atoms with Gasteiger partial charge in [-0.25, -0.2) is 0 Å². The smallest absolute Gasteiger partial charge is 1.00 e. The van der Waals surface area contributed by atoms with Crippen LogP contribution in [0.1, 0.15) is 69.7 Å². The molecule has 2 aliphatic rings. The molecule has 0 bridgehead atoms. The predicted octanol–water partition coefficient (Wildman–Crippen LogP) is 1.38. The van der Waals surface area contributed by atoms with Crippen molar-refractivity contribution in [3.63, 3.8) is 0 Å². The van der Waals surface area contributed by atoms with Gasteiger partial charge in [0.25, 0.3) is 0 Å². The van der Waals surface area contributed by atoms with Gasteiger partial charge in [0.1, 0.15) is 0 Å². The third-order valence-corrected chi connectivity index (χ3v) is 8.21. The number of hydrogen-bond donors (Lipinski definition) is 0. The molecular formula is C26H27Cl2Zr. The average Bonchev–Trinajstić information content (AvgIpc) is 2.99. The first-order valence-electron chi connectivity index (χ1n) is 9.81. The molecule has 1 atom stereocenters. The van der Waals surface area contributed by atoms with E-state index in [2.05, 4.69) is 90.1 Å². The van der Waals surface area contributed by atoms with E-state index in [4.69, 9.17) is 0 Å². The van der Waals surface area contributed by atoms with Crippen molar-refractivity contribution in [3.05, 3.63) is 87.5 Å². The summed E-state index contributed by atoms with van der Waals surface area (Å²) in [5.41, 5.74) is 13.4. The number of rotatable bonds is 2. The monoisotopic (exact) mass is 499 g/mol. The standard InChI is InChI=1S/C26H27.2ClH.Zr/c1-16-17(2)25(26(5,6)19(16)4)22-14-10-13-21-18(3)23(15-24(21)22)20-11-8-7-9-12-20;;;/h7-14,18H,1-6H3;2*1H;/q;;;+2/p-2. The van der Waals surface area contributed by atoms with Crippen molar-refractivity contribution in [2.45, 2.75) is 47.5 Å². The largest absolute Gasteiger partial charge is 1.00 e. The summed E-state index contributed by atoms with van der Waals surface area (Å²) in [5.74, 6) is 0.456. The third kappa shape index (κ3) is 3.58. The summed E-state index contributed by atoms with van der Waals surface area (Å²) in [4.78, 5) is 0. The van der Waals surface area contributed by atoms with Gasteiger partial charge in [-0.1, -0.05) is 0 Å². The normalized spacial score (nSPS) is 19.9. The molecule has 0 aliphatic heterocycles. The zero-order valence-electron chi connectivity index (χ0n) is 18.0. The number of hydrogen-bond acceptors (Lipinski definition) is 0. The summed E-state index contributed by atoms with van der Waals surface area (Å²) in [6.45, 7) is 14.1. The van der Waals surface area contributed by atoms with Crippen LogP contribution < -0.4 is 24.8 Å². The Labute approximate surface area is 203 Å². The molecule has 0 saturated carbocycles. The minimum atomic E-state index is 0. The zero-order valence-corrected chi connectivity index (χ0v) is 21.9. The molecule has 29 heavy (non-hydrogen) atoms. The number of benzene rings is 2. The second-order valence-electron chi connectivity index (χ2n) is 8.52. The first-order valence-corrected chi connectivity index (χ1v) is 11.0. The molecule has 0 saturated heterocycles. The van der Waals surface area contributed by atoms with E-state index in [1.807, 2.05) is 0 Å². The van der Waals surface area contributed by atoms with Crippen molar-refractivity contribution < 1.29 is 49.5 Å². The Balaban J connectivity index is 0.00000150. The van der Waals surface area contributed by atoms with Gasteiger partial charge in [-0.15, -0.1) is 0 Å². The molecule has 1 unspecified atom stereocenters. The predicted molar refractivity (Wildman–Crippen MR) is 113 cm³/mol. The summed E-state index contributed by atoms with van der Waals surface area (Å²) in [6, 6.07) is 17.9. The summed E-state index contributed by atoms with van der Waals surface area (Å²) < 4.78 is 1.53. The van der Waals surface area contributed by atoms with Crippen molar-refractivity contribution in [2.24, 2.45) is 5.41 Å². The molecule has 149 valence electrons. The Morgan fingerprint density at radius 2 is 1.45 bits per heavy atom. The third-order valence-electron chi connectivity index (χ3n) is 6.93. The molecular weight excluding hydrogens is 474 g/mol. The fourth-order valence-corrected chi connectivity index (χ4v) is 6.64. The van der Waals surface area contributed by atoms with Gasteiger partial charge in [0.15, 0.2) is 0 Å². The van der Waals surface area contributed by atoms with Gasteiger partial charge >= 0.3 is 180 Å². The van der Waals surface area contributed by atoms with Crippen LogP contribution in [0.5, 0.6) is 0 Å². The van der Waals surface area contributed by atoms with Crippen molar-refractivity contribution in [3.8, 4) is 0 Å². The van der Waals surface area contributed by atoms with Crippen LogP contribution in [0.2, 0.25) is 0 Å². The first kappa shape index (κ1) is 24.4. The van der Waals surface area contributed by atoms with E-state index < -0.39 is 0 Å². The van der Waals surface area contributed by atoms with E-state index in [1.165, 1.54) is 78.1 Å². The Hall–Kier alpha value is -0.877. The molecule has 2 aromatic rings. The second-order valence-corrected chi connectivity index (χ2v) is 9.75. The van der Waals surface area contributed by atoms with Gasteiger partial charge in [0, 0.05) is 0 Å².